The minimum absolute atomic E-state index is 0.175. The van der Waals surface area contributed by atoms with Crippen molar-refractivity contribution in [3.8, 4) is 17.1 Å². The Balaban J connectivity index is 1.54. The van der Waals surface area contributed by atoms with Crippen LogP contribution >= 0.6 is 0 Å². The van der Waals surface area contributed by atoms with Crippen molar-refractivity contribution < 1.29 is 14.0 Å². The molecular formula is C25H25FN8O2. The quantitative estimate of drug-likeness (QED) is 0.397. The van der Waals surface area contributed by atoms with Gasteiger partial charge in [-0.2, -0.15) is 0 Å². The van der Waals surface area contributed by atoms with E-state index in [2.05, 4.69) is 25.4 Å². The van der Waals surface area contributed by atoms with E-state index in [9.17, 15) is 4.39 Å². The number of halogens is 1. The van der Waals surface area contributed by atoms with E-state index in [0.717, 1.165) is 22.5 Å². The maximum absolute atomic E-state index is 14.4. The van der Waals surface area contributed by atoms with Gasteiger partial charge in [-0.1, -0.05) is 12.1 Å². The molecule has 11 heteroatoms. The van der Waals surface area contributed by atoms with Crippen LogP contribution < -0.4 is 16.0 Å². The van der Waals surface area contributed by atoms with Gasteiger partial charge in [0.1, 0.15) is 12.4 Å². The van der Waals surface area contributed by atoms with E-state index in [4.69, 9.17) is 20.3 Å². The first kappa shape index (κ1) is 23.4. The molecule has 0 radical (unpaired) electrons. The lowest BCUT2D eigenvalue weighted by atomic mass is 9.91. The van der Waals surface area contributed by atoms with E-state index in [1.807, 2.05) is 30.8 Å². The molecule has 0 amide bonds. The summed E-state index contributed by atoms with van der Waals surface area (Å²) >= 11 is 0. The number of imidazole rings is 1. The number of methoxy groups -OCH3 is 1. The molecule has 1 aliphatic heterocycles. The van der Waals surface area contributed by atoms with Crippen molar-refractivity contribution in [2.24, 2.45) is 12.0 Å². The van der Waals surface area contributed by atoms with Crippen LogP contribution in [0.5, 0.6) is 5.88 Å². The van der Waals surface area contributed by atoms with Crippen LogP contribution in [0.15, 0.2) is 53.9 Å². The van der Waals surface area contributed by atoms with Crippen LogP contribution in [0, 0.1) is 12.7 Å². The molecule has 0 bridgehead atoms. The van der Waals surface area contributed by atoms with Gasteiger partial charge in [-0.3, -0.25) is 9.83 Å². The Hall–Kier alpha value is -4.38. The molecule has 0 aliphatic carbocycles. The van der Waals surface area contributed by atoms with Gasteiger partial charge in [0, 0.05) is 31.3 Å². The van der Waals surface area contributed by atoms with Gasteiger partial charge < -0.3 is 15.0 Å². The van der Waals surface area contributed by atoms with E-state index in [1.54, 1.807) is 24.5 Å². The standard InChI is InChI=1S/C25H25FN8O2/c1-14-23-21(32-25(27)29-14)10-20(31-24(23)33-36-12-16-11-34(2)13-28-16)17-8-7-15(26)9-18(17)19-5-4-6-22(30-19)35-3/h4-9,11,13,20H,10,12H2,1-3H3,(H,31,33)(H2,27,29,32). The molecule has 10 nitrogen and oxygen atoms in total. The molecule has 0 saturated carbocycles. The van der Waals surface area contributed by atoms with E-state index >= 15 is 0 Å². The number of hydroxylamine groups is 1. The molecule has 0 saturated heterocycles. The number of pyridine rings is 1. The predicted molar refractivity (Wildman–Crippen MR) is 131 cm³/mol. The van der Waals surface area contributed by atoms with Gasteiger partial charge in [0.05, 0.1) is 47.8 Å². The minimum Gasteiger partial charge on any atom is -0.481 e. The molecule has 1 aliphatic rings. The Bertz CT molecular complexity index is 1450. The number of hydrogen-bond acceptors (Lipinski definition) is 9. The number of nitrogens with two attached hydrogens (primary N) is 1. The second-order valence-electron chi connectivity index (χ2n) is 8.40. The zero-order valence-corrected chi connectivity index (χ0v) is 20.1. The van der Waals surface area contributed by atoms with Crippen LogP contribution in [0.4, 0.5) is 10.3 Å². The molecule has 0 fully saturated rings. The summed E-state index contributed by atoms with van der Waals surface area (Å²) in [6.45, 7) is 2.07. The number of hydrogen-bond donors (Lipinski definition) is 2. The van der Waals surface area contributed by atoms with Crippen molar-refractivity contribution in [1.29, 1.82) is 0 Å². The highest BCUT2D eigenvalue weighted by Gasteiger charge is 2.28. The molecule has 5 rings (SSSR count). The van der Waals surface area contributed by atoms with Crippen molar-refractivity contribution in [2.45, 2.75) is 26.0 Å². The summed E-state index contributed by atoms with van der Waals surface area (Å²) in [5, 5.41) is 0. The lowest BCUT2D eigenvalue weighted by molar-refractivity contribution is 0.0688. The number of nitrogens with zero attached hydrogens (tertiary/aromatic N) is 6. The summed E-state index contributed by atoms with van der Waals surface area (Å²) in [4.78, 5) is 28.2. The van der Waals surface area contributed by atoms with Crippen LogP contribution in [0.1, 0.15) is 34.3 Å². The molecule has 0 spiro atoms. The molecule has 36 heavy (non-hydrogen) atoms. The maximum atomic E-state index is 14.4. The Kier molecular flexibility index (Phi) is 6.30. The lowest BCUT2D eigenvalue weighted by Crippen LogP contribution is -2.32. The fourth-order valence-electron chi connectivity index (χ4n) is 4.26. The van der Waals surface area contributed by atoms with Crippen molar-refractivity contribution >= 4 is 11.8 Å². The highest BCUT2D eigenvalue weighted by Crippen LogP contribution is 2.36. The number of nitrogens with one attached hydrogen (secondary N) is 1. The molecule has 1 aromatic carbocycles. The summed E-state index contributed by atoms with van der Waals surface area (Å²) in [7, 11) is 3.43. The average molecular weight is 489 g/mol. The second-order valence-corrected chi connectivity index (χ2v) is 8.40. The van der Waals surface area contributed by atoms with E-state index < -0.39 is 6.04 Å². The van der Waals surface area contributed by atoms with Crippen molar-refractivity contribution in [3.05, 3.63) is 82.9 Å². The normalized spacial score (nSPS) is 14.8. The van der Waals surface area contributed by atoms with Gasteiger partial charge in [0.2, 0.25) is 11.8 Å². The summed E-state index contributed by atoms with van der Waals surface area (Å²) in [5.41, 5.74) is 13.8. The molecular weight excluding hydrogens is 463 g/mol. The van der Waals surface area contributed by atoms with Gasteiger partial charge >= 0.3 is 0 Å². The number of aliphatic imine (C=N–C) groups is 1. The van der Waals surface area contributed by atoms with Gasteiger partial charge in [-0.15, -0.1) is 0 Å². The first-order valence-electron chi connectivity index (χ1n) is 11.3. The fraction of sp³-hybridized carbons (Fsp3) is 0.240. The average Bonchev–Trinajstić information content (AvgIpc) is 3.28. The Labute approximate surface area is 207 Å². The number of rotatable bonds is 6. The zero-order chi connectivity index (χ0) is 25.2. The monoisotopic (exact) mass is 488 g/mol. The van der Waals surface area contributed by atoms with Gasteiger partial charge in [0.15, 0.2) is 5.84 Å². The molecule has 4 heterocycles. The number of ether oxygens (including phenoxy) is 1. The smallest absolute Gasteiger partial charge is 0.220 e. The summed E-state index contributed by atoms with van der Waals surface area (Å²) in [6.07, 6.45) is 4.00. The maximum Gasteiger partial charge on any atom is 0.220 e. The summed E-state index contributed by atoms with van der Waals surface area (Å²) in [5.74, 6) is 0.692. The SMILES string of the molecule is COc1cccc(-c2cc(F)ccc2C2Cc3nc(N)nc(C)c3C(NOCc3cn(C)cn3)=N2)n1. The van der Waals surface area contributed by atoms with Crippen LogP contribution in [0.2, 0.25) is 0 Å². The molecule has 1 unspecified atom stereocenters. The minimum atomic E-state index is -0.407. The largest absolute Gasteiger partial charge is 0.481 e. The van der Waals surface area contributed by atoms with E-state index in [0.29, 0.717) is 35.1 Å². The van der Waals surface area contributed by atoms with Crippen LogP contribution in [-0.4, -0.2) is 37.4 Å². The van der Waals surface area contributed by atoms with Gasteiger partial charge in [0.25, 0.3) is 0 Å². The number of anilines is 1. The Morgan fingerprint density at radius 1 is 1.19 bits per heavy atom. The Morgan fingerprint density at radius 2 is 2.06 bits per heavy atom. The topological polar surface area (TPSA) is 125 Å². The number of amidine groups is 1. The lowest BCUT2D eigenvalue weighted by Gasteiger charge is -2.26. The van der Waals surface area contributed by atoms with Crippen molar-refractivity contribution in [1.82, 2.24) is 30.0 Å². The molecule has 1 atom stereocenters. The molecule has 3 aromatic heterocycles. The fourth-order valence-corrected chi connectivity index (χ4v) is 4.26. The number of aryl methyl sites for hydroxylation is 2. The third-order valence-corrected chi connectivity index (χ3v) is 5.82. The van der Waals surface area contributed by atoms with E-state index in [-0.39, 0.29) is 18.4 Å². The first-order chi connectivity index (χ1) is 17.4. The first-order valence-corrected chi connectivity index (χ1v) is 11.3. The number of nitrogen functional groups attached to an aromatic ring is 1. The number of benzene rings is 1. The predicted octanol–water partition coefficient (Wildman–Crippen LogP) is 3.08. The molecule has 184 valence electrons. The van der Waals surface area contributed by atoms with Crippen molar-refractivity contribution in [2.75, 3.05) is 12.8 Å². The zero-order valence-electron chi connectivity index (χ0n) is 20.1. The number of aromatic nitrogens is 5. The second kappa shape index (κ2) is 9.70. The van der Waals surface area contributed by atoms with Crippen LogP contribution in [-0.2, 0) is 24.9 Å². The Morgan fingerprint density at radius 3 is 2.83 bits per heavy atom. The van der Waals surface area contributed by atoms with Crippen LogP contribution in [0.25, 0.3) is 11.3 Å². The van der Waals surface area contributed by atoms with E-state index in [1.165, 1.54) is 19.2 Å². The summed E-state index contributed by atoms with van der Waals surface area (Å²) < 4.78 is 21.5. The highest BCUT2D eigenvalue weighted by molar-refractivity contribution is 6.01. The third kappa shape index (κ3) is 4.73. The van der Waals surface area contributed by atoms with Gasteiger partial charge in [-0.05, 0) is 30.7 Å². The molecule has 4 aromatic rings. The number of fused-ring (bicyclic) bond motifs is 1. The molecule has 3 N–H and O–H groups in total. The highest BCUT2D eigenvalue weighted by atomic mass is 19.1. The van der Waals surface area contributed by atoms with Gasteiger partial charge in [-0.25, -0.2) is 29.8 Å². The third-order valence-electron chi connectivity index (χ3n) is 5.82. The van der Waals surface area contributed by atoms with Crippen molar-refractivity contribution in [3.63, 3.8) is 0 Å². The summed E-state index contributed by atoms with van der Waals surface area (Å²) in [6, 6.07) is 9.53. The van der Waals surface area contributed by atoms with Crippen LogP contribution in [0.3, 0.4) is 0 Å².